The van der Waals surface area contributed by atoms with Crippen molar-refractivity contribution >= 4 is 39.2 Å². The molecule has 0 spiro atoms. The summed E-state index contributed by atoms with van der Waals surface area (Å²) in [6, 6.07) is 9.88. The number of pyridine rings is 1. The molecule has 2 heterocycles. The minimum absolute atomic E-state index is 0.0384. The van der Waals surface area contributed by atoms with Crippen molar-refractivity contribution in [2.24, 2.45) is 0 Å². The summed E-state index contributed by atoms with van der Waals surface area (Å²) in [5.41, 5.74) is 0.575. The maximum Gasteiger partial charge on any atom is 0.244 e. The number of sulfonamides is 1. The number of aromatic nitrogens is 1. The van der Waals surface area contributed by atoms with E-state index < -0.39 is 10.0 Å². The molecule has 1 fully saturated rings. The number of ether oxygens (including phenoxy) is 1. The molecule has 0 radical (unpaired) electrons. The molecular weight excluding hydrogens is 408 g/mol. The Morgan fingerprint density at radius 3 is 2.44 bits per heavy atom. The van der Waals surface area contributed by atoms with Gasteiger partial charge in [0.05, 0.1) is 23.5 Å². The minimum atomic E-state index is -3.57. The number of nitrogens with zero attached hydrogens (tertiary/aromatic N) is 2. The number of Topliss-reactive ketones (excluding diaryl/α,β-unsaturated/α-hetero) is 1. The van der Waals surface area contributed by atoms with E-state index in [1.807, 2.05) is 0 Å². The molecule has 0 amide bonds. The smallest absolute Gasteiger partial charge is 0.244 e. The number of morpholine rings is 1. The Bertz CT molecular complexity index is 896. The largest absolute Gasteiger partial charge is 0.379 e. The van der Waals surface area contributed by atoms with E-state index in [0.717, 1.165) is 0 Å². The summed E-state index contributed by atoms with van der Waals surface area (Å²) in [5, 5.41) is 0.803. The van der Waals surface area contributed by atoms with E-state index in [9.17, 15) is 13.2 Å². The van der Waals surface area contributed by atoms with Crippen LogP contribution in [0.2, 0.25) is 5.02 Å². The van der Waals surface area contributed by atoms with E-state index in [0.29, 0.717) is 41.9 Å². The first-order valence-electron chi connectivity index (χ1n) is 8.38. The number of thioether (sulfide) groups is 1. The molecular formula is C18H19ClN2O4S2. The number of rotatable bonds is 6. The van der Waals surface area contributed by atoms with E-state index >= 15 is 0 Å². The van der Waals surface area contributed by atoms with Crippen molar-refractivity contribution in [3.05, 3.63) is 53.2 Å². The van der Waals surface area contributed by atoms with Crippen LogP contribution in [0.1, 0.15) is 17.3 Å². The number of benzene rings is 1. The quantitative estimate of drug-likeness (QED) is 0.521. The lowest BCUT2D eigenvalue weighted by Gasteiger charge is -2.25. The Kier molecular flexibility index (Phi) is 6.54. The zero-order valence-electron chi connectivity index (χ0n) is 14.7. The molecule has 0 unspecified atom stereocenters. The number of carbonyl (C=O) groups excluding carboxylic acids is 1. The van der Waals surface area contributed by atoms with Crippen molar-refractivity contribution in [1.29, 1.82) is 0 Å². The van der Waals surface area contributed by atoms with Crippen LogP contribution in [0.4, 0.5) is 0 Å². The second kappa shape index (κ2) is 8.70. The van der Waals surface area contributed by atoms with Crippen molar-refractivity contribution in [3.8, 4) is 0 Å². The van der Waals surface area contributed by atoms with Gasteiger partial charge in [-0.2, -0.15) is 4.31 Å². The predicted octanol–water partition coefficient (Wildman–Crippen LogP) is 3.12. The first-order valence-corrected chi connectivity index (χ1v) is 11.1. The van der Waals surface area contributed by atoms with Gasteiger partial charge in [-0.25, -0.2) is 13.4 Å². The van der Waals surface area contributed by atoms with Crippen molar-refractivity contribution in [2.45, 2.75) is 22.1 Å². The molecule has 9 heteroatoms. The molecule has 3 rings (SSSR count). The molecule has 1 aliphatic heterocycles. The Morgan fingerprint density at radius 1 is 1.19 bits per heavy atom. The third-order valence-electron chi connectivity index (χ3n) is 4.11. The topological polar surface area (TPSA) is 76.6 Å². The molecule has 1 aliphatic rings. The maximum atomic E-state index is 12.6. The summed E-state index contributed by atoms with van der Waals surface area (Å²) in [6.07, 6.45) is 1.34. The second-order valence-corrected chi connectivity index (χ2v) is 9.72. The molecule has 1 atom stereocenters. The Balaban J connectivity index is 1.68. The summed E-state index contributed by atoms with van der Waals surface area (Å²) in [5.74, 6) is -0.0384. The monoisotopic (exact) mass is 426 g/mol. The van der Waals surface area contributed by atoms with Crippen molar-refractivity contribution < 1.29 is 17.9 Å². The highest BCUT2D eigenvalue weighted by atomic mass is 35.5. The van der Waals surface area contributed by atoms with E-state index in [1.54, 1.807) is 37.3 Å². The van der Waals surface area contributed by atoms with Crippen LogP contribution in [-0.2, 0) is 14.8 Å². The van der Waals surface area contributed by atoms with Crippen LogP contribution in [0.3, 0.4) is 0 Å². The highest BCUT2D eigenvalue weighted by molar-refractivity contribution is 8.00. The van der Waals surface area contributed by atoms with Gasteiger partial charge in [-0.1, -0.05) is 23.4 Å². The van der Waals surface area contributed by atoms with Gasteiger partial charge < -0.3 is 4.74 Å². The first kappa shape index (κ1) is 20.3. The van der Waals surface area contributed by atoms with Gasteiger partial charge in [0.1, 0.15) is 4.90 Å². The molecule has 144 valence electrons. The van der Waals surface area contributed by atoms with Gasteiger partial charge in [0, 0.05) is 29.9 Å². The SMILES string of the molecule is C[C@H](Sc1ccc(S(=O)(=O)N2CCOCC2)cn1)C(=O)c1ccc(Cl)cc1. The predicted molar refractivity (Wildman–Crippen MR) is 105 cm³/mol. The van der Waals surface area contributed by atoms with Crippen LogP contribution in [0, 0.1) is 0 Å². The fraction of sp³-hybridized carbons (Fsp3) is 0.333. The molecule has 2 aromatic rings. The summed E-state index contributed by atoms with van der Waals surface area (Å²) in [4.78, 5) is 16.9. The molecule has 0 saturated carbocycles. The lowest BCUT2D eigenvalue weighted by molar-refractivity contribution is 0.0730. The van der Waals surface area contributed by atoms with Crippen LogP contribution in [0.25, 0.3) is 0 Å². The molecule has 0 N–H and O–H groups in total. The molecule has 27 heavy (non-hydrogen) atoms. The lowest BCUT2D eigenvalue weighted by atomic mass is 10.1. The number of ketones is 1. The summed E-state index contributed by atoms with van der Waals surface area (Å²) in [6.45, 7) is 3.26. The van der Waals surface area contributed by atoms with Crippen LogP contribution < -0.4 is 0 Å². The standard InChI is InChI=1S/C18H19ClN2O4S2/c1-13(18(22)14-2-4-15(19)5-3-14)26-17-7-6-16(12-20-17)27(23,24)21-8-10-25-11-9-21/h2-7,12-13H,8-11H2,1H3/t13-/m0/s1. The Labute approximate surface area is 167 Å². The van der Waals surface area contributed by atoms with Crippen molar-refractivity contribution in [1.82, 2.24) is 9.29 Å². The van der Waals surface area contributed by atoms with Gasteiger partial charge in [0.2, 0.25) is 10.0 Å². The van der Waals surface area contributed by atoms with Crippen molar-refractivity contribution in [2.75, 3.05) is 26.3 Å². The van der Waals surface area contributed by atoms with Gasteiger partial charge in [-0.3, -0.25) is 4.79 Å². The van der Waals surface area contributed by atoms with Gasteiger partial charge in [0.25, 0.3) is 0 Å². The number of hydrogen-bond donors (Lipinski definition) is 0. The van der Waals surface area contributed by atoms with Gasteiger partial charge >= 0.3 is 0 Å². The summed E-state index contributed by atoms with van der Waals surface area (Å²) in [7, 11) is -3.57. The van der Waals surface area contributed by atoms with Gasteiger partial charge in [-0.15, -0.1) is 0 Å². The summed E-state index contributed by atoms with van der Waals surface area (Å²) >= 11 is 7.13. The highest BCUT2D eigenvalue weighted by Crippen LogP contribution is 2.26. The minimum Gasteiger partial charge on any atom is -0.379 e. The number of halogens is 1. The first-order chi connectivity index (χ1) is 12.9. The Hall–Kier alpha value is -1.45. The summed E-state index contributed by atoms with van der Waals surface area (Å²) < 4.78 is 31.8. The molecule has 0 aliphatic carbocycles. The maximum absolute atomic E-state index is 12.6. The normalized spacial score (nSPS) is 16.8. The van der Waals surface area contributed by atoms with Crippen LogP contribution in [0.5, 0.6) is 0 Å². The fourth-order valence-electron chi connectivity index (χ4n) is 2.61. The molecule has 6 nitrogen and oxygen atoms in total. The third-order valence-corrected chi connectivity index (χ3v) is 7.30. The fourth-order valence-corrected chi connectivity index (χ4v) is 4.95. The van der Waals surface area contributed by atoms with Gasteiger partial charge in [0.15, 0.2) is 5.78 Å². The number of carbonyl (C=O) groups is 1. The third kappa shape index (κ3) is 4.89. The highest BCUT2D eigenvalue weighted by Gasteiger charge is 2.26. The number of hydrogen-bond acceptors (Lipinski definition) is 6. The zero-order chi connectivity index (χ0) is 19.4. The lowest BCUT2D eigenvalue weighted by Crippen LogP contribution is -2.40. The second-order valence-electron chi connectivity index (χ2n) is 5.98. The molecule has 1 saturated heterocycles. The van der Waals surface area contributed by atoms with Crippen LogP contribution in [-0.4, -0.2) is 55.0 Å². The van der Waals surface area contributed by atoms with E-state index in [2.05, 4.69) is 4.98 Å². The van der Waals surface area contributed by atoms with Crippen molar-refractivity contribution in [3.63, 3.8) is 0 Å². The Morgan fingerprint density at radius 2 is 1.85 bits per heavy atom. The van der Waals surface area contributed by atoms with Gasteiger partial charge in [-0.05, 0) is 43.3 Å². The molecule has 0 bridgehead atoms. The average Bonchev–Trinajstić information content (AvgIpc) is 2.69. The molecule has 1 aromatic carbocycles. The van der Waals surface area contributed by atoms with E-state index in [4.69, 9.17) is 16.3 Å². The molecule has 1 aromatic heterocycles. The van der Waals surface area contributed by atoms with Crippen LogP contribution in [0.15, 0.2) is 52.5 Å². The average molecular weight is 427 g/mol. The van der Waals surface area contributed by atoms with E-state index in [-0.39, 0.29) is 15.9 Å². The van der Waals surface area contributed by atoms with Crippen LogP contribution >= 0.6 is 23.4 Å². The van der Waals surface area contributed by atoms with E-state index in [1.165, 1.54) is 28.3 Å². The zero-order valence-corrected chi connectivity index (χ0v) is 17.1.